The average Bonchev–Trinajstić information content (AvgIpc) is 3.35. The molecule has 5 nitrogen and oxygen atoms in total. The Labute approximate surface area is 162 Å². The van der Waals surface area contributed by atoms with Gasteiger partial charge in [-0.2, -0.15) is 5.10 Å². The maximum atomic E-state index is 12.6. The van der Waals surface area contributed by atoms with Gasteiger partial charge in [-0.3, -0.25) is 4.79 Å². The molecule has 0 spiro atoms. The van der Waals surface area contributed by atoms with Crippen LogP contribution in [0.25, 0.3) is 0 Å². The highest BCUT2D eigenvalue weighted by atomic mass is 32.2. The molecule has 1 amide bonds. The van der Waals surface area contributed by atoms with E-state index in [1.165, 1.54) is 23.5 Å². The van der Waals surface area contributed by atoms with Crippen molar-refractivity contribution in [2.45, 2.75) is 24.0 Å². The van der Waals surface area contributed by atoms with E-state index in [1.54, 1.807) is 6.20 Å². The van der Waals surface area contributed by atoms with Crippen LogP contribution in [0.15, 0.2) is 36.5 Å². The average molecular weight is 390 g/mol. The third-order valence-corrected chi connectivity index (χ3v) is 7.70. The maximum Gasteiger partial charge on any atom is 0.256 e. The Bertz CT molecular complexity index is 735. The largest absolute Gasteiger partial charge is 0.381 e. The third-order valence-electron chi connectivity index (χ3n) is 4.69. The second kappa shape index (κ2) is 8.50. The Morgan fingerprint density at radius 2 is 2.04 bits per heavy atom. The number of carbonyl (C=O) groups excluding carboxylic acids is 1. The predicted molar refractivity (Wildman–Crippen MR) is 108 cm³/mol. The van der Waals surface area contributed by atoms with Crippen LogP contribution < -0.4 is 5.32 Å². The van der Waals surface area contributed by atoms with Crippen molar-refractivity contribution in [2.24, 2.45) is 5.92 Å². The van der Waals surface area contributed by atoms with E-state index in [0.29, 0.717) is 16.1 Å². The predicted octanol–water partition coefficient (Wildman–Crippen LogP) is 4.04. The summed E-state index contributed by atoms with van der Waals surface area (Å²) >= 11 is 3.98. The summed E-state index contributed by atoms with van der Waals surface area (Å²) in [5, 5.41) is 7.33. The van der Waals surface area contributed by atoms with E-state index >= 15 is 0 Å². The van der Waals surface area contributed by atoms with Crippen LogP contribution in [0.2, 0.25) is 0 Å². The summed E-state index contributed by atoms with van der Waals surface area (Å²) in [6.45, 7) is 2.36. The molecule has 2 aromatic rings. The van der Waals surface area contributed by atoms with Crippen LogP contribution in [0, 0.1) is 5.92 Å². The van der Waals surface area contributed by atoms with Gasteiger partial charge < -0.3 is 10.1 Å². The van der Waals surface area contributed by atoms with Crippen molar-refractivity contribution < 1.29 is 9.53 Å². The summed E-state index contributed by atoms with van der Waals surface area (Å²) in [6.07, 6.45) is 4.06. The van der Waals surface area contributed by atoms with Gasteiger partial charge in [-0.15, -0.1) is 23.5 Å². The lowest BCUT2D eigenvalue weighted by Crippen LogP contribution is -2.18. The van der Waals surface area contributed by atoms with E-state index in [4.69, 9.17) is 4.74 Å². The van der Waals surface area contributed by atoms with Crippen LogP contribution in [0.4, 0.5) is 5.82 Å². The first-order valence-corrected chi connectivity index (χ1v) is 11.1. The molecule has 2 aliphatic rings. The van der Waals surface area contributed by atoms with E-state index in [9.17, 15) is 4.79 Å². The minimum absolute atomic E-state index is 0.0927. The first-order valence-electron chi connectivity index (χ1n) is 9.04. The zero-order valence-corrected chi connectivity index (χ0v) is 16.2. The number of amides is 1. The molecule has 2 fully saturated rings. The van der Waals surface area contributed by atoms with Crippen LogP contribution >= 0.6 is 23.5 Å². The van der Waals surface area contributed by atoms with Crippen LogP contribution in [-0.2, 0) is 11.3 Å². The fourth-order valence-corrected chi connectivity index (χ4v) is 6.11. The first-order chi connectivity index (χ1) is 12.8. The van der Waals surface area contributed by atoms with Crippen LogP contribution in [-0.4, -0.2) is 40.4 Å². The molecule has 7 heteroatoms. The molecule has 2 saturated heterocycles. The zero-order chi connectivity index (χ0) is 17.8. The van der Waals surface area contributed by atoms with Crippen molar-refractivity contribution in [1.29, 1.82) is 0 Å². The Hall–Kier alpha value is -1.44. The number of hydrogen-bond acceptors (Lipinski definition) is 5. The molecule has 1 unspecified atom stereocenters. The highest BCUT2D eigenvalue weighted by Gasteiger charge is 2.19. The number of benzene rings is 1. The van der Waals surface area contributed by atoms with Crippen LogP contribution in [0.1, 0.15) is 33.3 Å². The number of ether oxygens (including phenoxy) is 1. The van der Waals surface area contributed by atoms with E-state index < -0.39 is 0 Å². The smallest absolute Gasteiger partial charge is 0.256 e. The number of anilines is 1. The Kier molecular flexibility index (Phi) is 5.87. The Morgan fingerprint density at radius 3 is 2.77 bits per heavy atom. The van der Waals surface area contributed by atoms with Crippen molar-refractivity contribution in [3.8, 4) is 0 Å². The van der Waals surface area contributed by atoms with Gasteiger partial charge in [0.1, 0.15) is 5.82 Å². The second-order valence-electron chi connectivity index (χ2n) is 6.63. The van der Waals surface area contributed by atoms with Gasteiger partial charge in [0.15, 0.2) is 0 Å². The minimum atomic E-state index is -0.0927. The minimum Gasteiger partial charge on any atom is -0.381 e. The molecule has 0 bridgehead atoms. The summed E-state index contributed by atoms with van der Waals surface area (Å²) < 4.78 is 7.78. The molecule has 1 aromatic carbocycles. The van der Waals surface area contributed by atoms with Crippen molar-refractivity contribution in [3.63, 3.8) is 0 Å². The monoisotopic (exact) mass is 389 g/mol. The standard InChI is InChI=1S/C19H23N3O2S2/c23-18(15-2-4-16(5-3-15)19-25-10-1-11-26-19)21-17-6-8-20-22(17)12-14-7-9-24-13-14/h2-6,8,14,19H,1,7,9-13H2,(H,21,23). The number of thioether (sulfide) groups is 2. The summed E-state index contributed by atoms with van der Waals surface area (Å²) in [4.78, 5) is 12.6. The van der Waals surface area contributed by atoms with E-state index in [0.717, 1.165) is 32.0 Å². The molecule has 4 rings (SSSR count). The fourth-order valence-electron chi connectivity index (χ4n) is 3.22. The van der Waals surface area contributed by atoms with Gasteiger partial charge in [0.2, 0.25) is 0 Å². The Balaban J connectivity index is 1.39. The zero-order valence-electron chi connectivity index (χ0n) is 14.6. The highest BCUT2D eigenvalue weighted by Crippen LogP contribution is 2.43. The highest BCUT2D eigenvalue weighted by molar-refractivity contribution is 8.16. The first kappa shape index (κ1) is 17.9. The van der Waals surface area contributed by atoms with E-state index in [1.807, 2.05) is 46.4 Å². The SMILES string of the molecule is O=C(Nc1ccnn1CC1CCOC1)c1ccc(C2SCCCS2)cc1. The molecule has 26 heavy (non-hydrogen) atoms. The number of aromatic nitrogens is 2. The lowest BCUT2D eigenvalue weighted by molar-refractivity contribution is 0.102. The van der Waals surface area contributed by atoms with Gasteiger partial charge >= 0.3 is 0 Å². The normalized spacial score (nSPS) is 21.0. The van der Waals surface area contributed by atoms with Gasteiger partial charge in [-0.25, -0.2) is 4.68 Å². The van der Waals surface area contributed by atoms with Crippen molar-refractivity contribution in [1.82, 2.24) is 9.78 Å². The van der Waals surface area contributed by atoms with Crippen LogP contribution in [0.3, 0.4) is 0 Å². The summed E-state index contributed by atoms with van der Waals surface area (Å²) in [5.74, 6) is 3.55. The van der Waals surface area contributed by atoms with Gasteiger partial charge in [-0.1, -0.05) is 12.1 Å². The molecule has 1 N–H and O–H groups in total. The van der Waals surface area contributed by atoms with Crippen LogP contribution in [0.5, 0.6) is 0 Å². The van der Waals surface area contributed by atoms with Crippen molar-refractivity contribution >= 4 is 35.2 Å². The molecular weight excluding hydrogens is 366 g/mol. The second-order valence-corrected chi connectivity index (χ2v) is 9.36. The number of nitrogens with zero attached hydrogens (tertiary/aromatic N) is 2. The topological polar surface area (TPSA) is 56.2 Å². The lowest BCUT2D eigenvalue weighted by atomic mass is 10.1. The molecule has 0 radical (unpaired) electrons. The number of nitrogens with one attached hydrogen (secondary N) is 1. The number of hydrogen-bond donors (Lipinski definition) is 1. The number of rotatable bonds is 5. The van der Waals surface area contributed by atoms with Gasteiger partial charge in [0.25, 0.3) is 5.91 Å². The lowest BCUT2D eigenvalue weighted by Gasteiger charge is -2.21. The van der Waals surface area contributed by atoms with Gasteiger partial charge in [0.05, 0.1) is 17.4 Å². The maximum absolute atomic E-state index is 12.6. The third kappa shape index (κ3) is 4.27. The molecule has 0 saturated carbocycles. The van der Waals surface area contributed by atoms with E-state index in [-0.39, 0.29) is 5.91 Å². The van der Waals surface area contributed by atoms with Crippen molar-refractivity contribution in [3.05, 3.63) is 47.7 Å². The summed E-state index contributed by atoms with van der Waals surface area (Å²) in [6, 6.07) is 9.85. The molecular formula is C19H23N3O2S2. The summed E-state index contributed by atoms with van der Waals surface area (Å²) in [5.41, 5.74) is 1.97. The molecule has 3 heterocycles. The molecule has 0 aliphatic carbocycles. The number of carbonyl (C=O) groups is 1. The summed E-state index contributed by atoms with van der Waals surface area (Å²) in [7, 11) is 0. The molecule has 2 aliphatic heterocycles. The van der Waals surface area contributed by atoms with Gasteiger partial charge in [0, 0.05) is 30.7 Å². The molecule has 1 atom stereocenters. The Morgan fingerprint density at radius 1 is 1.23 bits per heavy atom. The van der Waals surface area contributed by atoms with Crippen molar-refractivity contribution in [2.75, 3.05) is 30.0 Å². The van der Waals surface area contributed by atoms with Gasteiger partial charge in [-0.05, 0) is 42.0 Å². The fraction of sp³-hybridized carbons (Fsp3) is 0.474. The quantitative estimate of drug-likeness (QED) is 0.836. The van der Waals surface area contributed by atoms with E-state index in [2.05, 4.69) is 22.5 Å². The molecule has 1 aromatic heterocycles. The molecule has 138 valence electrons.